The number of carboxylic acids is 1. The lowest BCUT2D eigenvalue weighted by Crippen LogP contribution is -2.50. The van der Waals surface area contributed by atoms with E-state index in [9.17, 15) is 19.5 Å². The number of ether oxygens (including phenoxy) is 2. The number of amides is 1. The van der Waals surface area contributed by atoms with Gasteiger partial charge in [-0.25, -0.2) is 14.0 Å². The minimum atomic E-state index is -1.34. The summed E-state index contributed by atoms with van der Waals surface area (Å²) < 4.78 is 28.8. The van der Waals surface area contributed by atoms with Crippen LogP contribution in [0.3, 0.4) is 0 Å². The summed E-state index contributed by atoms with van der Waals surface area (Å²) >= 11 is 0. The highest BCUT2D eigenvalue weighted by Crippen LogP contribution is 2.45. The van der Waals surface area contributed by atoms with Gasteiger partial charge >= 0.3 is 12.1 Å². The number of rotatable bonds is 4. The third-order valence-electron chi connectivity index (χ3n) is 7.30. The SMILES string of the molecule is COc1c(N2CC3CCCN(C(=O)OC(C)(C)C)C3C2)c(F)cc2c(=O)c(C(=O)O)cn(C3CC3)c12. The Labute approximate surface area is 208 Å². The molecule has 36 heavy (non-hydrogen) atoms. The standard InChI is InChI=1S/C26H32FN3O6/c1-26(2,3)36-25(34)29-9-5-6-14-11-28(13-19(14)29)21-18(27)10-16-20(23(21)35-4)30(15-7-8-15)12-17(22(16)31)24(32)33/h10,12,14-15,19H,5-9,11,13H2,1-4H3,(H,32,33). The van der Waals surface area contributed by atoms with Crippen molar-refractivity contribution in [2.24, 2.45) is 5.92 Å². The third kappa shape index (κ3) is 4.16. The predicted molar refractivity (Wildman–Crippen MR) is 132 cm³/mol. The number of nitrogens with zero attached hydrogens (tertiary/aromatic N) is 3. The average molecular weight is 502 g/mol. The second kappa shape index (κ2) is 8.67. The molecule has 1 aromatic heterocycles. The summed E-state index contributed by atoms with van der Waals surface area (Å²) in [5.41, 5.74) is -1.09. The molecule has 1 N–H and O–H groups in total. The van der Waals surface area contributed by atoms with Crippen LogP contribution in [0, 0.1) is 11.7 Å². The van der Waals surface area contributed by atoms with Crippen molar-refractivity contribution in [3.63, 3.8) is 0 Å². The third-order valence-corrected chi connectivity index (χ3v) is 7.30. The molecule has 1 aliphatic carbocycles. The number of carboxylic acid groups (broad SMARTS) is 1. The van der Waals surface area contributed by atoms with Gasteiger partial charge in [-0.3, -0.25) is 4.79 Å². The number of aromatic carboxylic acids is 1. The van der Waals surface area contributed by atoms with Crippen LogP contribution in [-0.4, -0.2) is 65.0 Å². The molecule has 9 nitrogen and oxygen atoms in total. The van der Waals surface area contributed by atoms with Gasteiger partial charge in [-0.2, -0.15) is 0 Å². The molecule has 2 saturated heterocycles. The van der Waals surface area contributed by atoms with Crippen molar-refractivity contribution in [2.45, 2.75) is 64.1 Å². The minimum Gasteiger partial charge on any atom is -0.492 e. The second-order valence-electron chi connectivity index (χ2n) is 11.0. The van der Waals surface area contributed by atoms with E-state index in [1.807, 2.05) is 25.7 Å². The van der Waals surface area contributed by atoms with Gasteiger partial charge in [0.15, 0.2) is 11.6 Å². The molecule has 3 aliphatic rings. The molecule has 10 heteroatoms. The zero-order chi connectivity index (χ0) is 25.9. The topological polar surface area (TPSA) is 101 Å². The van der Waals surface area contributed by atoms with E-state index in [2.05, 4.69) is 0 Å². The Kier molecular flexibility index (Phi) is 5.88. The molecule has 1 aromatic carbocycles. The summed E-state index contributed by atoms with van der Waals surface area (Å²) in [7, 11) is 1.43. The molecule has 2 aliphatic heterocycles. The Hall–Kier alpha value is -3.30. The number of hydrogen-bond donors (Lipinski definition) is 1. The largest absolute Gasteiger partial charge is 0.492 e. The maximum Gasteiger partial charge on any atom is 0.410 e. The van der Waals surface area contributed by atoms with Crippen molar-refractivity contribution in [3.8, 4) is 5.75 Å². The Morgan fingerprint density at radius 1 is 1.17 bits per heavy atom. The van der Waals surface area contributed by atoms with Crippen molar-refractivity contribution in [3.05, 3.63) is 33.9 Å². The highest BCUT2D eigenvalue weighted by molar-refractivity contribution is 5.97. The number of hydrogen-bond acceptors (Lipinski definition) is 6. The van der Waals surface area contributed by atoms with Crippen molar-refractivity contribution in [1.82, 2.24) is 9.47 Å². The molecule has 0 bridgehead atoms. The van der Waals surface area contributed by atoms with E-state index in [4.69, 9.17) is 9.47 Å². The smallest absolute Gasteiger partial charge is 0.410 e. The van der Waals surface area contributed by atoms with Crippen LogP contribution in [0.1, 0.15) is 62.9 Å². The summed E-state index contributed by atoms with van der Waals surface area (Å²) in [6.45, 7) is 7.01. The fraction of sp³-hybridized carbons (Fsp3) is 0.577. The average Bonchev–Trinajstić information content (AvgIpc) is 3.55. The van der Waals surface area contributed by atoms with Crippen LogP contribution < -0.4 is 15.1 Å². The van der Waals surface area contributed by atoms with Crippen molar-refractivity contribution >= 4 is 28.7 Å². The van der Waals surface area contributed by atoms with Crippen LogP contribution in [0.15, 0.2) is 17.1 Å². The lowest BCUT2D eigenvalue weighted by molar-refractivity contribution is 0.00668. The number of carbonyl (C=O) groups is 2. The first-order valence-corrected chi connectivity index (χ1v) is 12.4. The van der Waals surface area contributed by atoms with Gasteiger partial charge < -0.3 is 28.9 Å². The quantitative estimate of drug-likeness (QED) is 0.675. The fourth-order valence-corrected chi connectivity index (χ4v) is 5.63. The minimum absolute atomic E-state index is 0.00750. The molecule has 1 saturated carbocycles. The summed E-state index contributed by atoms with van der Waals surface area (Å²) in [6, 6.07) is 1.03. The number of piperidine rings is 1. The van der Waals surface area contributed by atoms with Crippen LogP contribution in [0.5, 0.6) is 5.75 Å². The van der Waals surface area contributed by atoms with Gasteiger partial charge in [0.05, 0.1) is 24.1 Å². The molecular formula is C26H32FN3O6. The molecule has 2 unspecified atom stereocenters. The van der Waals surface area contributed by atoms with Crippen LogP contribution in [0.2, 0.25) is 0 Å². The molecule has 3 heterocycles. The maximum atomic E-state index is 15.7. The van der Waals surface area contributed by atoms with E-state index in [1.165, 1.54) is 13.3 Å². The van der Waals surface area contributed by atoms with Gasteiger partial charge in [0.25, 0.3) is 0 Å². The number of pyridine rings is 1. The van der Waals surface area contributed by atoms with Crippen molar-refractivity contribution < 1.29 is 28.6 Å². The highest BCUT2D eigenvalue weighted by atomic mass is 19.1. The van der Waals surface area contributed by atoms with E-state index in [1.54, 1.807) is 9.47 Å². The number of anilines is 1. The first kappa shape index (κ1) is 24.4. The number of likely N-dealkylation sites (tertiary alicyclic amines) is 1. The molecule has 0 radical (unpaired) electrons. The van der Waals surface area contributed by atoms with E-state index in [0.29, 0.717) is 25.2 Å². The van der Waals surface area contributed by atoms with Gasteiger partial charge in [-0.15, -0.1) is 0 Å². The molecular weight excluding hydrogens is 469 g/mol. The van der Waals surface area contributed by atoms with E-state index in [0.717, 1.165) is 31.7 Å². The Balaban J connectivity index is 1.58. The van der Waals surface area contributed by atoms with Crippen LogP contribution in [-0.2, 0) is 4.74 Å². The van der Waals surface area contributed by atoms with E-state index < -0.39 is 22.8 Å². The lowest BCUT2D eigenvalue weighted by Gasteiger charge is -2.37. The fourth-order valence-electron chi connectivity index (χ4n) is 5.63. The molecule has 5 rings (SSSR count). The van der Waals surface area contributed by atoms with Gasteiger partial charge in [0.1, 0.15) is 16.9 Å². The van der Waals surface area contributed by atoms with Gasteiger partial charge in [0.2, 0.25) is 5.43 Å². The van der Waals surface area contributed by atoms with Gasteiger partial charge in [0, 0.05) is 31.9 Å². The number of methoxy groups -OCH3 is 1. The molecule has 3 fully saturated rings. The van der Waals surface area contributed by atoms with Crippen LogP contribution >= 0.6 is 0 Å². The monoisotopic (exact) mass is 501 g/mol. The summed E-state index contributed by atoms with van der Waals surface area (Å²) in [4.78, 5) is 41.2. The van der Waals surface area contributed by atoms with Gasteiger partial charge in [-0.05, 0) is 58.4 Å². The number of benzene rings is 1. The van der Waals surface area contributed by atoms with Crippen molar-refractivity contribution in [2.75, 3.05) is 31.6 Å². The van der Waals surface area contributed by atoms with Crippen molar-refractivity contribution in [1.29, 1.82) is 0 Å². The molecule has 2 aromatic rings. The molecule has 194 valence electrons. The molecule has 1 amide bonds. The van der Waals surface area contributed by atoms with Gasteiger partial charge in [-0.1, -0.05) is 0 Å². The first-order valence-electron chi connectivity index (χ1n) is 12.4. The Morgan fingerprint density at radius 3 is 2.50 bits per heavy atom. The summed E-state index contributed by atoms with van der Waals surface area (Å²) in [6.07, 6.45) is 4.41. The number of fused-ring (bicyclic) bond motifs is 2. The highest BCUT2D eigenvalue weighted by Gasteiger charge is 2.44. The number of carbonyl (C=O) groups excluding carboxylic acids is 1. The first-order chi connectivity index (χ1) is 17.0. The number of aromatic nitrogens is 1. The van der Waals surface area contributed by atoms with E-state index >= 15 is 4.39 Å². The normalized spacial score (nSPS) is 22.0. The Morgan fingerprint density at radius 2 is 1.89 bits per heavy atom. The zero-order valence-corrected chi connectivity index (χ0v) is 21.0. The molecule has 0 spiro atoms. The second-order valence-corrected chi connectivity index (χ2v) is 11.0. The number of halogens is 1. The summed E-state index contributed by atoms with van der Waals surface area (Å²) in [5, 5.41) is 9.54. The van der Waals surface area contributed by atoms with Crippen LogP contribution in [0.4, 0.5) is 14.9 Å². The molecule has 2 atom stereocenters. The predicted octanol–water partition coefficient (Wildman–Crippen LogP) is 4.02. The van der Waals surface area contributed by atoms with E-state index in [-0.39, 0.29) is 46.5 Å². The van der Waals surface area contributed by atoms with Crippen LogP contribution in [0.25, 0.3) is 10.9 Å². The maximum absolute atomic E-state index is 15.7. The lowest BCUT2D eigenvalue weighted by atomic mass is 9.92. The Bertz CT molecular complexity index is 1300. The zero-order valence-electron chi connectivity index (χ0n) is 21.0. The summed E-state index contributed by atoms with van der Waals surface area (Å²) in [5.74, 6) is -1.63.